The van der Waals surface area contributed by atoms with Crippen LogP contribution < -0.4 is 5.32 Å². The summed E-state index contributed by atoms with van der Waals surface area (Å²) in [5, 5.41) is 4.96. The van der Waals surface area contributed by atoms with Gasteiger partial charge in [0.05, 0.1) is 5.52 Å². The summed E-state index contributed by atoms with van der Waals surface area (Å²) in [5.41, 5.74) is 4.07. The Morgan fingerprint density at radius 3 is 2.86 bits per heavy atom. The number of nitrogens with zero attached hydrogens (tertiary/aromatic N) is 4. The van der Waals surface area contributed by atoms with E-state index in [-0.39, 0.29) is 11.9 Å². The number of aromatic amines is 1. The molecule has 1 aliphatic heterocycles. The number of amides is 1. The van der Waals surface area contributed by atoms with E-state index >= 15 is 0 Å². The Morgan fingerprint density at radius 2 is 2.00 bits per heavy atom. The van der Waals surface area contributed by atoms with Crippen molar-refractivity contribution in [2.75, 3.05) is 20.1 Å². The average Bonchev–Trinajstić information content (AvgIpc) is 3.19. The Bertz CT molecular complexity index is 1190. The van der Waals surface area contributed by atoms with Gasteiger partial charge in [-0.25, -0.2) is 15.0 Å². The van der Waals surface area contributed by atoms with Crippen LogP contribution in [-0.2, 0) is 0 Å². The fourth-order valence-corrected chi connectivity index (χ4v) is 4.01. The summed E-state index contributed by atoms with van der Waals surface area (Å²) in [6.45, 7) is 1.99. The summed E-state index contributed by atoms with van der Waals surface area (Å²) in [6, 6.07) is 10.1. The molecule has 1 amide bonds. The molecule has 4 aromatic rings. The van der Waals surface area contributed by atoms with Crippen LogP contribution >= 0.6 is 0 Å². The van der Waals surface area contributed by atoms with Gasteiger partial charge in [-0.15, -0.1) is 0 Å². The van der Waals surface area contributed by atoms with E-state index in [1.54, 1.807) is 6.20 Å². The lowest BCUT2D eigenvalue weighted by Gasteiger charge is -2.29. The molecule has 0 spiro atoms. The highest BCUT2D eigenvalue weighted by Crippen LogP contribution is 2.30. The summed E-state index contributed by atoms with van der Waals surface area (Å²) < 4.78 is 0. The Balaban J connectivity index is 1.51. The minimum Gasteiger partial charge on any atom is -0.348 e. The third kappa shape index (κ3) is 3.34. The first-order valence-electron chi connectivity index (χ1n) is 9.86. The van der Waals surface area contributed by atoms with Crippen molar-refractivity contribution in [2.45, 2.75) is 18.9 Å². The second kappa shape index (κ2) is 7.25. The van der Waals surface area contributed by atoms with Crippen molar-refractivity contribution in [1.29, 1.82) is 0 Å². The maximum absolute atomic E-state index is 13.0. The second-order valence-electron chi connectivity index (χ2n) is 7.61. The minimum absolute atomic E-state index is 0.135. The quantitative estimate of drug-likeness (QED) is 0.565. The van der Waals surface area contributed by atoms with E-state index in [0.29, 0.717) is 5.69 Å². The molecule has 2 N–H and O–H groups in total. The van der Waals surface area contributed by atoms with Gasteiger partial charge in [-0.3, -0.25) is 4.79 Å². The molecule has 29 heavy (non-hydrogen) atoms. The molecule has 1 saturated heterocycles. The first kappa shape index (κ1) is 17.8. The van der Waals surface area contributed by atoms with Crippen molar-refractivity contribution < 1.29 is 4.79 Å². The molecule has 0 saturated carbocycles. The molecule has 0 aliphatic carbocycles. The third-order valence-electron chi connectivity index (χ3n) is 5.67. The third-order valence-corrected chi connectivity index (χ3v) is 5.67. The number of benzene rings is 1. The lowest BCUT2D eigenvalue weighted by atomic mass is 10.0. The topological polar surface area (TPSA) is 86.8 Å². The van der Waals surface area contributed by atoms with Crippen LogP contribution in [0, 0.1) is 0 Å². The van der Waals surface area contributed by atoms with Crippen LogP contribution in [0.2, 0.25) is 0 Å². The van der Waals surface area contributed by atoms with E-state index < -0.39 is 0 Å². The summed E-state index contributed by atoms with van der Waals surface area (Å²) in [7, 11) is 2.11. The summed E-state index contributed by atoms with van der Waals surface area (Å²) in [4.78, 5) is 31.5. The Labute approximate surface area is 168 Å². The molecule has 5 rings (SSSR count). The smallest absolute Gasteiger partial charge is 0.270 e. The van der Waals surface area contributed by atoms with E-state index in [9.17, 15) is 4.79 Å². The van der Waals surface area contributed by atoms with Gasteiger partial charge in [0.25, 0.3) is 5.91 Å². The molecule has 0 atom stereocenters. The zero-order valence-corrected chi connectivity index (χ0v) is 16.2. The number of nitrogens with one attached hydrogen (secondary N) is 2. The highest BCUT2D eigenvalue weighted by molar-refractivity contribution is 6.06. The van der Waals surface area contributed by atoms with Gasteiger partial charge in [0.1, 0.15) is 17.7 Å². The SMILES string of the molecule is CN1CCC(NC(=O)c2ncnc3ccc(-c4c[nH]c5ncccc45)cc23)CC1. The molecular formula is C22H22N6O. The van der Waals surface area contributed by atoms with Gasteiger partial charge in [0.15, 0.2) is 0 Å². The highest BCUT2D eigenvalue weighted by Gasteiger charge is 2.21. The van der Waals surface area contributed by atoms with E-state index in [4.69, 9.17) is 0 Å². The van der Waals surface area contributed by atoms with Crippen LogP contribution in [0.15, 0.2) is 49.1 Å². The van der Waals surface area contributed by atoms with Gasteiger partial charge in [-0.2, -0.15) is 0 Å². The lowest BCUT2D eigenvalue weighted by Crippen LogP contribution is -2.43. The molecule has 0 unspecified atom stereocenters. The fourth-order valence-electron chi connectivity index (χ4n) is 4.01. The van der Waals surface area contributed by atoms with Gasteiger partial charge in [0.2, 0.25) is 0 Å². The largest absolute Gasteiger partial charge is 0.348 e. The maximum Gasteiger partial charge on any atom is 0.270 e. The number of aromatic nitrogens is 4. The molecule has 1 aliphatic rings. The molecule has 4 heterocycles. The van der Waals surface area contributed by atoms with Gasteiger partial charge < -0.3 is 15.2 Å². The van der Waals surface area contributed by atoms with Gasteiger partial charge >= 0.3 is 0 Å². The Hall–Kier alpha value is -3.32. The number of H-pyrrole nitrogens is 1. The van der Waals surface area contributed by atoms with Crippen LogP contribution in [-0.4, -0.2) is 56.9 Å². The normalized spacial score (nSPS) is 15.8. The van der Waals surface area contributed by atoms with E-state index in [1.807, 2.05) is 36.5 Å². The number of hydrogen-bond donors (Lipinski definition) is 2. The zero-order chi connectivity index (χ0) is 19.8. The molecule has 1 fully saturated rings. The van der Waals surface area contributed by atoms with E-state index in [0.717, 1.165) is 59.0 Å². The lowest BCUT2D eigenvalue weighted by molar-refractivity contribution is 0.0913. The van der Waals surface area contributed by atoms with Gasteiger partial charge in [-0.1, -0.05) is 6.07 Å². The summed E-state index contributed by atoms with van der Waals surface area (Å²) in [5.74, 6) is -0.135. The highest BCUT2D eigenvalue weighted by atomic mass is 16.1. The van der Waals surface area contributed by atoms with E-state index in [1.165, 1.54) is 6.33 Å². The predicted octanol–water partition coefficient (Wildman–Crippen LogP) is 3.00. The number of rotatable bonds is 3. The number of carbonyl (C=O) groups excluding carboxylic acids is 1. The van der Waals surface area contributed by atoms with Crippen LogP contribution in [0.1, 0.15) is 23.3 Å². The van der Waals surface area contributed by atoms with Crippen molar-refractivity contribution in [1.82, 2.24) is 30.2 Å². The molecular weight excluding hydrogens is 364 g/mol. The monoisotopic (exact) mass is 386 g/mol. The van der Waals surface area contributed by atoms with Crippen LogP contribution in [0.3, 0.4) is 0 Å². The number of fused-ring (bicyclic) bond motifs is 2. The number of carbonyl (C=O) groups is 1. The molecule has 146 valence electrons. The van der Waals surface area contributed by atoms with Crippen molar-refractivity contribution in [3.05, 3.63) is 54.7 Å². The van der Waals surface area contributed by atoms with Gasteiger partial charge in [-0.05, 0) is 62.8 Å². The first-order chi connectivity index (χ1) is 14.2. The molecule has 3 aromatic heterocycles. The van der Waals surface area contributed by atoms with E-state index in [2.05, 4.69) is 37.2 Å². The predicted molar refractivity (Wildman–Crippen MR) is 113 cm³/mol. The molecule has 0 radical (unpaired) electrons. The molecule has 7 heteroatoms. The number of piperidine rings is 1. The molecule has 1 aromatic carbocycles. The Kier molecular flexibility index (Phi) is 4.44. The average molecular weight is 386 g/mol. The number of hydrogen-bond acceptors (Lipinski definition) is 5. The van der Waals surface area contributed by atoms with Crippen molar-refractivity contribution in [3.63, 3.8) is 0 Å². The van der Waals surface area contributed by atoms with Crippen LogP contribution in [0.25, 0.3) is 33.1 Å². The van der Waals surface area contributed by atoms with Crippen molar-refractivity contribution in [2.24, 2.45) is 0 Å². The van der Waals surface area contributed by atoms with Crippen molar-refractivity contribution in [3.8, 4) is 11.1 Å². The minimum atomic E-state index is -0.135. The standard InChI is InChI=1S/C22H22N6O/c1-28-9-6-15(7-10-28)27-22(29)20-17-11-14(4-5-19(17)25-13-26-20)18-12-24-21-16(18)3-2-8-23-21/h2-5,8,11-13,15H,6-7,9-10H2,1H3,(H,23,24)(H,27,29). The van der Waals surface area contributed by atoms with Crippen molar-refractivity contribution >= 4 is 27.8 Å². The van der Waals surface area contributed by atoms with Crippen LogP contribution in [0.5, 0.6) is 0 Å². The zero-order valence-electron chi connectivity index (χ0n) is 16.2. The van der Waals surface area contributed by atoms with Crippen LogP contribution in [0.4, 0.5) is 0 Å². The first-order valence-corrected chi connectivity index (χ1v) is 9.86. The number of pyridine rings is 1. The Morgan fingerprint density at radius 1 is 1.14 bits per heavy atom. The second-order valence-corrected chi connectivity index (χ2v) is 7.61. The molecule has 0 bridgehead atoms. The molecule has 7 nitrogen and oxygen atoms in total. The summed E-state index contributed by atoms with van der Waals surface area (Å²) in [6.07, 6.45) is 7.09. The van der Waals surface area contributed by atoms with Gasteiger partial charge in [0, 0.05) is 34.8 Å². The summed E-state index contributed by atoms with van der Waals surface area (Å²) >= 11 is 0. The maximum atomic E-state index is 13.0. The fraction of sp³-hybridized carbons (Fsp3) is 0.273. The number of likely N-dealkylation sites (tertiary alicyclic amines) is 1.